The molecule has 4 rings (SSSR count). The Morgan fingerprint density at radius 1 is 0.900 bits per heavy atom. The minimum atomic E-state index is -0.0912. The number of carbonyl (C=O) groups excluding carboxylic acids is 2. The Morgan fingerprint density at radius 3 is 2.23 bits per heavy atom. The van der Waals surface area contributed by atoms with Crippen molar-refractivity contribution < 1.29 is 9.59 Å². The molecule has 2 N–H and O–H groups in total. The van der Waals surface area contributed by atoms with Crippen LogP contribution in [0.15, 0.2) is 78.9 Å². The van der Waals surface area contributed by atoms with E-state index in [2.05, 4.69) is 71.8 Å². The fourth-order valence-electron chi connectivity index (χ4n) is 5.67. The molecule has 212 valence electrons. The van der Waals surface area contributed by atoms with Gasteiger partial charge in [-0.05, 0) is 73.8 Å². The third kappa shape index (κ3) is 8.45. The molecule has 0 bridgehead atoms. The summed E-state index contributed by atoms with van der Waals surface area (Å²) in [5, 5.41) is 6.24. The van der Waals surface area contributed by atoms with Crippen LogP contribution in [0.1, 0.15) is 73.9 Å². The molecule has 5 nitrogen and oxygen atoms in total. The molecule has 40 heavy (non-hydrogen) atoms. The van der Waals surface area contributed by atoms with Gasteiger partial charge in [-0.3, -0.25) is 9.59 Å². The molecule has 1 unspecified atom stereocenters. The molecular weight excluding hydrogens is 494 g/mol. The molecule has 0 aromatic heterocycles. The predicted molar refractivity (Wildman–Crippen MR) is 166 cm³/mol. The van der Waals surface area contributed by atoms with Crippen molar-refractivity contribution in [3.8, 4) is 0 Å². The molecule has 1 atom stereocenters. The van der Waals surface area contributed by atoms with Gasteiger partial charge in [0.05, 0.1) is 5.56 Å². The van der Waals surface area contributed by atoms with Crippen LogP contribution in [0.2, 0.25) is 0 Å². The second-order valence-electron chi connectivity index (χ2n) is 11.1. The van der Waals surface area contributed by atoms with E-state index in [4.69, 9.17) is 0 Å². The van der Waals surface area contributed by atoms with Crippen molar-refractivity contribution in [2.24, 2.45) is 11.8 Å². The zero-order valence-electron chi connectivity index (χ0n) is 24.2. The van der Waals surface area contributed by atoms with Crippen LogP contribution in [0.5, 0.6) is 0 Å². The summed E-state index contributed by atoms with van der Waals surface area (Å²) in [6.45, 7) is 6.62. The van der Waals surface area contributed by atoms with Crippen LogP contribution < -0.4 is 15.5 Å². The monoisotopic (exact) mass is 539 g/mol. The van der Waals surface area contributed by atoms with Crippen LogP contribution in [-0.4, -0.2) is 31.4 Å². The Bertz CT molecular complexity index is 1200. The number of amides is 2. The van der Waals surface area contributed by atoms with Crippen LogP contribution in [0.4, 0.5) is 11.4 Å². The Hall–Kier alpha value is -3.60. The topological polar surface area (TPSA) is 61.4 Å². The quantitative estimate of drug-likeness (QED) is 0.240. The number of nitrogens with zero attached hydrogens (tertiary/aromatic N) is 1. The summed E-state index contributed by atoms with van der Waals surface area (Å²) >= 11 is 0. The highest BCUT2D eigenvalue weighted by Crippen LogP contribution is 2.30. The number of carbonyl (C=O) groups is 2. The molecule has 1 aliphatic rings. The van der Waals surface area contributed by atoms with E-state index < -0.39 is 0 Å². The van der Waals surface area contributed by atoms with Crippen molar-refractivity contribution in [1.82, 2.24) is 5.32 Å². The number of unbranched alkanes of at least 4 members (excludes halogenated alkanes) is 1. The molecule has 3 aromatic rings. The van der Waals surface area contributed by atoms with Crippen LogP contribution >= 0.6 is 0 Å². The molecule has 5 heteroatoms. The first-order chi connectivity index (χ1) is 19.6. The lowest BCUT2D eigenvalue weighted by atomic mass is 9.89. The highest BCUT2D eigenvalue weighted by Gasteiger charge is 2.24. The number of hydrogen-bond donors (Lipinski definition) is 2. The first kappa shape index (κ1) is 29.4. The lowest BCUT2D eigenvalue weighted by Crippen LogP contribution is -2.36. The lowest BCUT2D eigenvalue weighted by Gasteiger charge is -2.35. The standard InChI is InChI=1S/C35H45N3O2/c1-3-5-16-30(4-2)34(39)37-31-17-18-33(32(26-31)35(40)36-22-19-27-12-8-6-9-13-27)38-23-20-29(21-24-38)25-28-14-10-7-11-15-28/h6-15,17-18,26,29-30H,3-5,16,19-25H2,1-2H3,(H,36,40)(H,37,39). The van der Waals surface area contributed by atoms with E-state index in [1.54, 1.807) is 0 Å². The Kier molecular flexibility index (Phi) is 11.2. The molecule has 3 aromatic carbocycles. The van der Waals surface area contributed by atoms with Crippen LogP contribution in [0.25, 0.3) is 0 Å². The number of hydrogen-bond acceptors (Lipinski definition) is 3. The van der Waals surface area contributed by atoms with Gasteiger partial charge in [0.2, 0.25) is 5.91 Å². The number of nitrogens with one attached hydrogen (secondary N) is 2. The van der Waals surface area contributed by atoms with Crippen molar-refractivity contribution in [3.05, 3.63) is 95.6 Å². The summed E-state index contributed by atoms with van der Waals surface area (Å²) in [5.41, 5.74) is 4.86. The van der Waals surface area contributed by atoms with E-state index >= 15 is 0 Å². The van der Waals surface area contributed by atoms with Gasteiger partial charge in [0.15, 0.2) is 0 Å². The van der Waals surface area contributed by atoms with Crippen molar-refractivity contribution in [1.29, 1.82) is 0 Å². The molecule has 0 radical (unpaired) electrons. The molecule has 1 saturated heterocycles. The van der Waals surface area contributed by atoms with E-state index in [-0.39, 0.29) is 17.7 Å². The van der Waals surface area contributed by atoms with Crippen LogP contribution in [0.3, 0.4) is 0 Å². The smallest absolute Gasteiger partial charge is 0.253 e. The summed E-state index contributed by atoms with van der Waals surface area (Å²) in [5.74, 6) is 0.591. The van der Waals surface area contributed by atoms with Crippen molar-refractivity contribution in [2.75, 3.05) is 29.9 Å². The van der Waals surface area contributed by atoms with E-state index in [0.29, 0.717) is 23.7 Å². The van der Waals surface area contributed by atoms with Gasteiger partial charge >= 0.3 is 0 Å². The molecule has 0 saturated carbocycles. The minimum Gasteiger partial charge on any atom is -0.371 e. The summed E-state index contributed by atoms with van der Waals surface area (Å²) < 4.78 is 0. The van der Waals surface area contributed by atoms with Gasteiger partial charge in [-0.25, -0.2) is 0 Å². The normalized spacial score (nSPS) is 14.5. The van der Waals surface area contributed by atoms with Gasteiger partial charge < -0.3 is 15.5 Å². The van der Waals surface area contributed by atoms with Crippen LogP contribution in [-0.2, 0) is 17.6 Å². The molecule has 1 fully saturated rings. The SMILES string of the molecule is CCCCC(CC)C(=O)Nc1ccc(N2CCC(Cc3ccccc3)CC2)c(C(=O)NCCc2ccccc2)c1. The summed E-state index contributed by atoms with van der Waals surface area (Å²) in [7, 11) is 0. The summed E-state index contributed by atoms with van der Waals surface area (Å²) in [4.78, 5) is 28.9. The zero-order valence-corrected chi connectivity index (χ0v) is 24.2. The Morgan fingerprint density at radius 2 is 1.57 bits per heavy atom. The fourth-order valence-corrected chi connectivity index (χ4v) is 5.67. The van der Waals surface area contributed by atoms with Gasteiger partial charge in [0, 0.05) is 36.9 Å². The zero-order chi connectivity index (χ0) is 28.2. The molecule has 1 aliphatic heterocycles. The molecule has 2 amide bonds. The van der Waals surface area contributed by atoms with E-state index in [1.165, 1.54) is 11.1 Å². The van der Waals surface area contributed by atoms with Crippen LogP contribution in [0, 0.1) is 11.8 Å². The van der Waals surface area contributed by atoms with Gasteiger partial charge in [-0.15, -0.1) is 0 Å². The third-order valence-electron chi connectivity index (χ3n) is 8.14. The summed E-state index contributed by atoms with van der Waals surface area (Å²) in [6.07, 6.45) is 7.89. The first-order valence-corrected chi connectivity index (χ1v) is 15.1. The Labute approximate surface area is 240 Å². The fraction of sp³-hybridized carbons (Fsp3) is 0.429. The van der Waals surface area contributed by atoms with E-state index in [0.717, 1.165) is 70.1 Å². The van der Waals surface area contributed by atoms with Gasteiger partial charge in [-0.2, -0.15) is 0 Å². The molecule has 0 aliphatic carbocycles. The maximum Gasteiger partial charge on any atom is 0.253 e. The van der Waals surface area contributed by atoms with Crippen molar-refractivity contribution in [2.45, 2.75) is 65.2 Å². The average Bonchev–Trinajstić information content (AvgIpc) is 2.99. The third-order valence-corrected chi connectivity index (χ3v) is 8.14. The predicted octanol–water partition coefficient (Wildman–Crippen LogP) is 7.27. The number of anilines is 2. The number of benzene rings is 3. The highest BCUT2D eigenvalue weighted by molar-refractivity contribution is 6.02. The maximum atomic E-state index is 13.5. The van der Waals surface area contributed by atoms with E-state index in [1.807, 2.05) is 36.4 Å². The van der Waals surface area contributed by atoms with Gasteiger partial charge in [0.25, 0.3) is 5.91 Å². The first-order valence-electron chi connectivity index (χ1n) is 15.1. The molecular formula is C35H45N3O2. The molecule has 0 spiro atoms. The highest BCUT2D eigenvalue weighted by atomic mass is 16.2. The summed E-state index contributed by atoms with van der Waals surface area (Å²) in [6, 6.07) is 26.8. The lowest BCUT2D eigenvalue weighted by molar-refractivity contribution is -0.120. The van der Waals surface area contributed by atoms with Crippen molar-refractivity contribution in [3.63, 3.8) is 0 Å². The van der Waals surface area contributed by atoms with E-state index in [9.17, 15) is 9.59 Å². The Balaban J connectivity index is 1.46. The van der Waals surface area contributed by atoms with Gasteiger partial charge in [-0.1, -0.05) is 87.4 Å². The number of piperidine rings is 1. The average molecular weight is 540 g/mol. The minimum absolute atomic E-state index is 0.00795. The second kappa shape index (κ2) is 15.3. The van der Waals surface area contributed by atoms with Gasteiger partial charge in [0.1, 0.15) is 0 Å². The largest absolute Gasteiger partial charge is 0.371 e. The maximum absolute atomic E-state index is 13.5. The van der Waals surface area contributed by atoms with Crippen molar-refractivity contribution >= 4 is 23.2 Å². The molecule has 1 heterocycles. The number of rotatable bonds is 13. The second-order valence-corrected chi connectivity index (χ2v) is 11.1.